The first-order valence-corrected chi connectivity index (χ1v) is 5.25. The van der Waals surface area contributed by atoms with E-state index in [0.29, 0.717) is 5.25 Å². The molecule has 0 aliphatic carbocycles. The van der Waals surface area contributed by atoms with Crippen LogP contribution in [0.3, 0.4) is 0 Å². The van der Waals surface area contributed by atoms with Gasteiger partial charge in [-0.25, -0.2) is 4.98 Å². The SMILES string of the molecule is Cc1ccc(CO)c(SC(C)C)n1. The molecule has 1 rings (SSSR count). The van der Waals surface area contributed by atoms with Crippen LogP contribution in [0.5, 0.6) is 0 Å². The molecule has 0 bridgehead atoms. The second-order valence-corrected chi connectivity index (χ2v) is 4.81. The van der Waals surface area contributed by atoms with Crippen LogP contribution < -0.4 is 0 Å². The molecule has 0 aromatic carbocycles. The van der Waals surface area contributed by atoms with Crippen molar-refractivity contribution in [2.24, 2.45) is 0 Å². The highest BCUT2D eigenvalue weighted by Gasteiger charge is 2.06. The minimum absolute atomic E-state index is 0.0718. The molecule has 0 amide bonds. The molecule has 1 aromatic heterocycles. The van der Waals surface area contributed by atoms with Gasteiger partial charge >= 0.3 is 0 Å². The Labute approximate surface area is 83.4 Å². The zero-order valence-electron chi connectivity index (χ0n) is 8.24. The molecule has 0 atom stereocenters. The van der Waals surface area contributed by atoms with Crippen LogP contribution in [-0.4, -0.2) is 15.3 Å². The quantitative estimate of drug-likeness (QED) is 0.755. The largest absolute Gasteiger partial charge is 0.392 e. The topological polar surface area (TPSA) is 33.1 Å². The first-order valence-electron chi connectivity index (χ1n) is 4.37. The average Bonchev–Trinajstić information content (AvgIpc) is 2.03. The van der Waals surface area contributed by atoms with Crippen LogP contribution in [0.2, 0.25) is 0 Å². The monoisotopic (exact) mass is 197 g/mol. The van der Waals surface area contributed by atoms with Gasteiger partial charge in [0.15, 0.2) is 0 Å². The second kappa shape index (κ2) is 4.63. The van der Waals surface area contributed by atoms with Crippen LogP contribution in [0.4, 0.5) is 0 Å². The molecule has 0 radical (unpaired) electrons. The summed E-state index contributed by atoms with van der Waals surface area (Å²) in [5, 5.41) is 10.5. The van der Waals surface area contributed by atoms with E-state index in [0.717, 1.165) is 16.3 Å². The number of aryl methyl sites for hydroxylation is 1. The zero-order chi connectivity index (χ0) is 9.84. The minimum Gasteiger partial charge on any atom is -0.392 e. The maximum absolute atomic E-state index is 9.07. The molecule has 3 heteroatoms. The normalized spacial score (nSPS) is 10.8. The van der Waals surface area contributed by atoms with Crippen LogP contribution in [0.15, 0.2) is 17.2 Å². The van der Waals surface area contributed by atoms with Gasteiger partial charge in [-0.3, -0.25) is 0 Å². The van der Waals surface area contributed by atoms with E-state index in [1.54, 1.807) is 11.8 Å². The smallest absolute Gasteiger partial charge is 0.102 e. The first-order chi connectivity index (χ1) is 6.13. The van der Waals surface area contributed by atoms with Gasteiger partial charge in [-0.05, 0) is 13.0 Å². The molecule has 0 spiro atoms. The zero-order valence-corrected chi connectivity index (χ0v) is 9.06. The van der Waals surface area contributed by atoms with Crippen LogP contribution in [-0.2, 0) is 6.61 Å². The number of rotatable bonds is 3. The summed E-state index contributed by atoms with van der Waals surface area (Å²) in [4.78, 5) is 4.39. The van der Waals surface area contributed by atoms with E-state index in [-0.39, 0.29) is 6.61 Å². The fourth-order valence-electron chi connectivity index (χ4n) is 1.01. The van der Waals surface area contributed by atoms with Crippen molar-refractivity contribution in [3.63, 3.8) is 0 Å². The van der Waals surface area contributed by atoms with Crippen molar-refractivity contribution >= 4 is 11.8 Å². The van der Waals surface area contributed by atoms with Gasteiger partial charge in [-0.15, -0.1) is 11.8 Å². The standard InChI is InChI=1S/C10H15NOS/c1-7(2)13-10-9(6-12)5-4-8(3)11-10/h4-5,7,12H,6H2,1-3H3. The Morgan fingerprint density at radius 3 is 2.69 bits per heavy atom. The van der Waals surface area contributed by atoms with Crippen molar-refractivity contribution in [1.29, 1.82) is 0 Å². The highest BCUT2D eigenvalue weighted by Crippen LogP contribution is 2.24. The third-order valence-electron chi connectivity index (χ3n) is 1.60. The Morgan fingerprint density at radius 2 is 2.15 bits per heavy atom. The summed E-state index contributed by atoms with van der Waals surface area (Å²) in [6.07, 6.45) is 0. The maximum Gasteiger partial charge on any atom is 0.102 e. The molecule has 2 nitrogen and oxygen atoms in total. The van der Waals surface area contributed by atoms with Crippen LogP contribution in [0.25, 0.3) is 0 Å². The fraction of sp³-hybridized carbons (Fsp3) is 0.500. The summed E-state index contributed by atoms with van der Waals surface area (Å²) in [5.74, 6) is 0. The van der Waals surface area contributed by atoms with Crippen molar-refractivity contribution in [2.45, 2.75) is 37.7 Å². The van der Waals surface area contributed by atoms with E-state index in [9.17, 15) is 0 Å². The first kappa shape index (κ1) is 10.5. The number of thioether (sulfide) groups is 1. The lowest BCUT2D eigenvalue weighted by atomic mass is 10.3. The van der Waals surface area contributed by atoms with E-state index >= 15 is 0 Å². The molecular weight excluding hydrogens is 182 g/mol. The number of hydrogen-bond donors (Lipinski definition) is 1. The lowest BCUT2D eigenvalue weighted by Crippen LogP contribution is -1.96. The van der Waals surface area contributed by atoms with Crippen molar-refractivity contribution in [3.8, 4) is 0 Å². The number of pyridine rings is 1. The van der Waals surface area contributed by atoms with E-state index in [4.69, 9.17) is 5.11 Å². The summed E-state index contributed by atoms with van der Waals surface area (Å²) in [6, 6.07) is 3.86. The summed E-state index contributed by atoms with van der Waals surface area (Å²) >= 11 is 1.69. The van der Waals surface area contributed by atoms with E-state index in [1.165, 1.54) is 0 Å². The second-order valence-electron chi connectivity index (χ2n) is 3.24. The van der Waals surface area contributed by atoms with E-state index in [2.05, 4.69) is 18.8 Å². The van der Waals surface area contributed by atoms with Crippen molar-refractivity contribution in [2.75, 3.05) is 0 Å². The molecule has 0 saturated carbocycles. The molecule has 0 saturated heterocycles. The highest BCUT2D eigenvalue weighted by molar-refractivity contribution is 7.99. The summed E-state index contributed by atoms with van der Waals surface area (Å²) < 4.78 is 0. The van der Waals surface area contributed by atoms with Gasteiger partial charge < -0.3 is 5.11 Å². The molecule has 0 aliphatic heterocycles. The minimum atomic E-state index is 0.0718. The lowest BCUT2D eigenvalue weighted by Gasteiger charge is -2.08. The molecule has 13 heavy (non-hydrogen) atoms. The Balaban J connectivity index is 2.94. The van der Waals surface area contributed by atoms with Gasteiger partial charge in [0.25, 0.3) is 0 Å². The molecule has 72 valence electrons. The Hall–Kier alpha value is -0.540. The predicted molar refractivity (Wildman–Crippen MR) is 55.9 cm³/mol. The number of aliphatic hydroxyl groups is 1. The fourth-order valence-corrected chi connectivity index (χ4v) is 1.93. The third-order valence-corrected chi connectivity index (χ3v) is 2.64. The van der Waals surface area contributed by atoms with Gasteiger partial charge in [-0.1, -0.05) is 19.9 Å². The number of aromatic nitrogens is 1. The Bertz CT molecular complexity index is 286. The van der Waals surface area contributed by atoms with Gasteiger partial charge in [-0.2, -0.15) is 0 Å². The number of hydrogen-bond acceptors (Lipinski definition) is 3. The van der Waals surface area contributed by atoms with Crippen LogP contribution >= 0.6 is 11.8 Å². The maximum atomic E-state index is 9.07. The third kappa shape index (κ3) is 3.01. The molecule has 1 heterocycles. The van der Waals surface area contributed by atoms with Gasteiger partial charge in [0, 0.05) is 16.5 Å². The van der Waals surface area contributed by atoms with Crippen LogP contribution in [0, 0.1) is 6.92 Å². The summed E-state index contributed by atoms with van der Waals surface area (Å²) in [5.41, 5.74) is 1.92. The molecule has 0 aliphatic rings. The average molecular weight is 197 g/mol. The summed E-state index contributed by atoms with van der Waals surface area (Å²) in [6.45, 7) is 6.28. The van der Waals surface area contributed by atoms with Crippen molar-refractivity contribution < 1.29 is 5.11 Å². The number of aliphatic hydroxyl groups excluding tert-OH is 1. The Morgan fingerprint density at radius 1 is 1.46 bits per heavy atom. The summed E-state index contributed by atoms with van der Waals surface area (Å²) in [7, 11) is 0. The number of nitrogens with zero attached hydrogens (tertiary/aromatic N) is 1. The van der Waals surface area contributed by atoms with E-state index < -0.39 is 0 Å². The molecule has 0 fully saturated rings. The predicted octanol–water partition coefficient (Wildman–Crippen LogP) is 2.38. The molecule has 1 N–H and O–H groups in total. The van der Waals surface area contributed by atoms with Gasteiger partial charge in [0.1, 0.15) is 5.03 Å². The molecular formula is C10H15NOS. The van der Waals surface area contributed by atoms with Gasteiger partial charge in [0.05, 0.1) is 6.61 Å². The van der Waals surface area contributed by atoms with Crippen molar-refractivity contribution in [3.05, 3.63) is 23.4 Å². The Kier molecular flexibility index (Phi) is 3.75. The molecule has 1 aromatic rings. The lowest BCUT2D eigenvalue weighted by molar-refractivity contribution is 0.278. The van der Waals surface area contributed by atoms with Gasteiger partial charge in [0.2, 0.25) is 0 Å². The van der Waals surface area contributed by atoms with Crippen LogP contribution in [0.1, 0.15) is 25.1 Å². The highest BCUT2D eigenvalue weighted by atomic mass is 32.2. The van der Waals surface area contributed by atoms with E-state index in [1.807, 2.05) is 19.1 Å². The van der Waals surface area contributed by atoms with Crippen molar-refractivity contribution in [1.82, 2.24) is 4.98 Å². The molecule has 0 unspecified atom stereocenters.